The molecule has 0 heterocycles. The van der Waals surface area contributed by atoms with Crippen molar-refractivity contribution in [2.75, 3.05) is 0 Å². The Hall–Kier alpha value is 0.0295. The Balaban J connectivity index is -0.00000000178. The van der Waals surface area contributed by atoms with Gasteiger partial charge in [0.05, 0.1) is 0 Å². The second-order valence-corrected chi connectivity index (χ2v) is 1.22. The van der Waals surface area contributed by atoms with Gasteiger partial charge in [0, 0.05) is 10.4 Å². The summed E-state index contributed by atoms with van der Waals surface area (Å²) < 4.78 is 34.1. The van der Waals surface area contributed by atoms with Gasteiger partial charge < -0.3 is 58.4 Å². The largest absolute Gasteiger partial charge is 2.00 e. The molecule has 0 aliphatic heterocycles. The van der Waals surface area contributed by atoms with E-state index >= 15 is 0 Å². The molecule has 15 heteroatoms. The van der Waals surface area contributed by atoms with E-state index in [2.05, 4.69) is 0 Å². The first-order valence-electron chi connectivity index (χ1n) is 0.667. The first-order valence-corrected chi connectivity index (χ1v) is 2.00. The van der Waals surface area contributed by atoms with Gasteiger partial charge in [0.2, 0.25) is 0 Å². The van der Waals surface area contributed by atoms with Crippen LogP contribution >= 0.6 is 0 Å². The summed E-state index contributed by atoms with van der Waals surface area (Å²) in [6.07, 6.45) is 0. The maximum atomic E-state index is 8.52. The average Bonchev–Trinajstić information content (AvgIpc) is 0.722. The molecule has 0 aliphatic carbocycles. The van der Waals surface area contributed by atoms with E-state index in [9.17, 15) is 0 Å². The minimum Gasteiger partial charge on any atom is -0.759 e. The first-order chi connectivity index (χ1) is 2.00. The summed E-state index contributed by atoms with van der Waals surface area (Å²) >= 11 is 0. The second kappa shape index (κ2) is 65.5. The summed E-state index contributed by atoms with van der Waals surface area (Å²) in [5, 5.41) is 0. The van der Waals surface area contributed by atoms with Crippen molar-refractivity contribution in [1.29, 1.82) is 0 Å². The molecule has 0 aliphatic rings. The zero-order valence-electron chi connectivity index (χ0n) is 6.89. The molecule has 13 nitrogen and oxygen atoms in total. The Morgan fingerprint density at radius 3 is 0.533 bits per heavy atom. The predicted molar refractivity (Wildman–Crippen MR) is 43.0 cm³/mol. The standard InChI is InChI=1S/Fe.H2O4S.9H2O/c;1-5(2,3)4;;;;;;;;;/h;(H2,1,2,3,4);9*1H2/q+2;;;;;;;;;;/p-2. The van der Waals surface area contributed by atoms with Crippen LogP contribution in [0.15, 0.2) is 0 Å². The van der Waals surface area contributed by atoms with E-state index < -0.39 is 10.4 Å². The Bertz CT molecular complexity index is 93.7. The summed E-state index contributed by atoms with van der Waals surface area (Å²) in [4.78, 5) is 0. The van der Waals surface area contributed by atoms with Crippen LogP contribution in [0.25, 0.3) is 0 Å². The van der Waals surface area contributed by atoms with Gasteiger partial charge >= 0.3 is 17.1 Å². The third-order valence-corrected chi connectivity index (χ3v) is 0. The SMILES string of the molecule is O.O.O.O.O.O.O.O.O.O=S(=O)([O-])[O-].[Fe+2]. The monoisotopic (exact) mass is 314 g/mol. The van der Waals surface area contributed by atoms with Crippen molar-refractivity contribution in [3.05, 3.63) is 0 Å². The fourth-order valence-electron chi connectivity index (χ4n) is 0. The molecule has 0 atom stereocenters. The molecule has 0 unspecified atom stereocenters. The Kier molecular flexibility index (Phi) is 796. The molecule has 0 rings (SSSR count). The van der Waals surface area contributed by atoms with E-state index in [-0.39, 0.29) is 66.4 Å². The van der Waals surface area contributed by atoms with Crippen molar-refractivity contribution < 1.29 is 83.9 Å². The van der Waals surface area contributed by atoms with Gasteiger partial charge in [0.25, 0.3) is 0 Å². The third kappa shape index (κ3) is 2340000. The smallest absolute Gasteiger partial charge is 0.759 e. The second-order valence-electron chi connectivity index (χ2n) is 0.408. The average molecular weight is 314 g/mol. The molecule has 110 valence electrons. The normalized spacial score (nSPS) is 3.87. The van der Waals surface area contributed by atoms with E-state index in [0.717, 1.165) is 0 Å². The Morgan fingerprint density at radius 2 is 0.533 bits per heavy atom. The fourth-order valence-corrected chi connectivity index (χ4v) is 0. The van der Waals surface area contributed by atoms with Crippen LogP contribution in [-0.2, 0) is 27.5 Å². The van der Waals surface area contributed by atoms with E-state index in [4.69, 9.17) is 17.5 Å². The van der Waals surface area contributed by atoms with Crippen LogP contribution in [-0.4, -0.2) is 66.8 Å². The molecule has 0 aromatic rings. The van der Waals surface area contributed by atoms with Gasteiger partial charge in [0.15, 0.2) is 0 Å². The van der Waals surface area contributed by atoms with Gasteiger partial charge in [-0.1, -0.05) is 0 Å². The van der Waals surface area contributed by atoms with Crippen LogP contribution in [0.1, 0.15) is 0 Å². The van der Waals surface area contributed by atoms with Crippen molar-refractivity contribution in [1.82, 2.24) is 0 Å². The molecule has 0 aromatic carbocycles. The fraction of sp³-hybridized carbons (Fsp3) is 0. The van der Waals surface area contributed by atoms with E-state index in [1.165, 1.54) is 0 Å². The predicted octanol–water partition coefficient (Wildman–Crippen LogP) is -8.76. The van der Waals surface area contributed by atoms with Crippen LogP contribution in [0.4, 0.5) is 0 Å². The molecule has 0 spiro atoms. The molecule has 0 fully saturated rings. The molecule has 0 saturated heterocycles. The maximum absolute atomic E-state index is 8.52. The molecule has 15 heavy (non-hydrogen) atoms. The van der Waals surface area contributed by atoms with E-state index in [1.54, 1.807) is 0 Å². The Morgan fingerprint density at radius 1 is 0.533 bits per heavy atom. The van der Waals surface area contributed by atoms with Crippen molar-refractivity contribution in [3.8, 4) is 0 Å². The molecule has 0 amide bonds. The van der Waals surface area contributed by atoms with Gasteiger partial charge in [-0.3, -0.25) is 8.42 Å². The first kappa shape index (κ1) is 182. The molecule has 0 aromatic heterocycles. The molecule has 18 N–H and O–H groups in total. The number of hydrogen-bond donors (Lipinski definition) is 0. The van der Waals surface area contributed by atoms with Crippen LogP contribution in [0.2, 0.25) is 0 Å². The summed E-state index contributed by atoms with van der Waals surface area (Å²) in [6, 6.07) is 0. The minimum atomic E-state index is -5.17. The van der Waals surface area contributed by atoms with Gasteiger partial charge in [0.1, 0.15) is 0 Å². The van der Waals surface area contributed by atoms with Gasteiger partial charge in [-0.25, -0.2) is 0 Å². The third-order valence-electron chi connectivity index (χ3n) is 0. The zero-order valence-corrected chi connectivity index (χ0v) is 8.82. The van der Waals surface area contributed by atoms with Crippen molar-refractivity contribution >= 4 is 10.4 Å². The quantitative estimate of drug-likeness (QED) is 0.238. The van der Waals surface area contributed by atoms with Gasteiger partial charge in [-0.15, -0.1) is 0 Å². The van der Waals surface area contributed by atoms with E-state index in [1.807, 2.05) is 0 Å². The van der Waals surface area contributed by atoms with Gasteiger partial charge in [-0.05, 0) is 0 Å². The van der Waals surface area contributed by atoms with Crippen LogP contribution in [0.5, 0.6) is 0 Å². The van der Waals surface area contributed by atoms with Crippen LogP contribution in [0.3, 0.4) is 0 Å². The summed E-state index contributed by atoms with van der Waals surface area (Å²) in [5.41, 5.74) is 0. The minimum absolute atomic E-state index is 0. The molecule has 0 bridgehead atoms. The summed E-state index contributed by atoms with van der Waals surface area (Å²) in [5.74, 6) is 0. The topological polar surface area (TPSA) is 364 Å². The zero-order chi connectivity index (χ0) is 4.50. The van der Waals surface area contributed by atoms with Crippen LogP contribution in [0, 0.1) is 0 Å². The van der Waals surface area contributed by atoms with Gasteiger partial charge in [-0.2, -0.15) is 0 Å². The molecular formula is H18FeO13S. The van der Waals surface area contributed by atoms with Crippen molar-refractivity contribution in [2.45, 2.75) is 0 Å². The number of hydrogen-bond acceptors (Lipinski definition) is 4. The van der Waals surface area contributed by atoms with Crippen molar-refractivity contribution in [3.63, 3.8) is 0 Å². The van der Waals surface area contributed by atoms with Crippen molar-refractivity contribution in [2.24, 2.45) is 0 Å². The number of rotatable bonds is 0. The summed E-state index contributed by atoms with van der Waals surface area (Å²) in [6.45, 7) is 0. The summed E-state index contributed by atoms with van der Waals surface area (Å²) in [7, 11) is -5.17. The Labute approximate surface area is 94.9 Å². The maximum Gasteiger partial charge on any atom is 2.00 e. The van der Waals surface area contributed by atoms with E-state index in [0.29, 0.717) is 0 Å². The van der Waals surface area contributed by atoms with Crippen LogP contribution < -0.4 is 0 Å². The molecule has 0 saturated carbocycles. The molecule has 0 radical (unpaired) electrons. The molecular weight excluding hydrogens is 296 g/mol.